The number of amides is 1. The quantitative estimate of drug-likeness (QED) is 0.609. The average Bonchev–Trinajstić information content (AvgIpc) is 2.67. The minimum atomic E-state index is -5.05. The molecule has 0 aliphatic heterocycles. The van der Waals surface area contributed by atoms with Crippen molar-refractivity contribution < 1.29 is 35.9 Å². The molecule has 6 nitrogen and oxygen atoms in total. The van der Waals surface area contributed by atoms with Gasteiger partial charge in [0.2, 0.25) is 5.91 Å². The maximum Gasteiger partial charge on any atom is 0.416 e. The molecule has 12 heteroatoms. The molecule has 3 rings (SSSR count). The lowest BCUT2D eigenvalue weighted by molar-refractivity contribution is -0.143. The summed E-state index contributed by atoms with van der Waals surface area (Å²) in [6.07, 6.45) is -10.1. The van der Waals surface area contributed by atoms with Gasteiger partial charge in [-0.15, -0.1) is 0 Å². The van der Waals surface area contributed by atoms with Crippen molar-refractivity contribution in [3.8, 4) is 5.75 Å². The number of carbonyl (C=O) groups is 1. The van der Waals surface area contributed by atoms with E-state index in [0.29, 0.717) is 12.1 Å². The second-order valence-electron chi connectivity index (χ2n) is 6.43. The van der Waals surface area contributed by atoms with Gasteiger partial charge in [0.1, 0.15) is 18.9 Å². The molecular formula is C19H13F6N3O3. The highest BCUT2D eigenvalue weighted by Crippen LogP contribution is 2.38. The lowest BCUT2D eigenvalue weighted by atomic mass is 10.1. The molecule has 0 atom stereocenters. The first-order valence-electron chi connectivity index (χ1n) is 8.55. The van der Waals surface area contributed by atoms with Crippen molar-refractivity contribution in [1.82, 2.24) is 9.55 Å². The zero-order valence-corrected chi connectivity index (χ0v) is 15.4. The maximum atomic E-state index is 13.0. The monoisotopic (exact) mass is 445 g/mol. The molecule has 0 radical (unpaired) electrons. The van der Waals surface area contributed by atoms with E-state index in [1.54, 1.807) is 12.1 Å². The highest BCUT2D eigenvalue weighted by Gasteiger charge is 2.37. The van der Waals surface area contributed by atoms with Crippen molar-refractivity contribution in [2.75, 3.05) is 0 Å². The number of nitrogens with zero attached hydrogens (tertiary/aromatic N) is 2. The molecule has 1 amide bonds. The Morgan fingerprint density at radius 2 is 1.58 bits per heavy atom. The number of aromatic nitrogens is 2. The summed E-state index contributed by atoms with van der Waals surface area (Å²) >= 11 is 0. The summed E-state index contributed by atoms with van der Waals surface area (Å²) in [5.41, 5.74) is 1.55. The number of halogens is 6. The van der Waals surface area contributed by atoms with Gasteiger partial charge in [0, 0.05) is 0 Å². The summed E-state index contributed by atoms with van der Waals surface area (Å²) in [7, 11) is 0. The first kappa shape index (κ1) is 22.1. The van der Waals surface area contributed by atoms with Crippen molar-refractivity contribution >= 4 is 16.8 Å². The third-order valence-electron chi connectivity index (χ3n) is 4.18. The van der Waals surface area contributed by atoms with Gasteiger partial charge < -0.3 is 10.5 Å². The highest BCUT2D eigenvalue weighted by atomic mass is 19.4. The number of para-hydroxylation sites is 1. The Labute approximate surface area is 169 Å². The SMILES string of the molecule is NC(=O)Cn1c(COc2cc(C(F)(F)F)cc(C(F)(F)F)c2)nc2ccccc2c1=O. The lowest BCUT2D eigenvalue weighted by Gasteiger charge is -2.16. The molecule has 1 aromatic heterocycles. The van der Waals surface area contributed by atoms with Gasteiger partial charge in [-0.25, -0.2) is 4.98 Å². The van der Waals surface area contributed by atoms with Crippen molar-refractivity contribution in [3.63, 3.8) is 0 Å². The standard InChI is InChI=1S/C19H13F6N3O3/c20-18(21,22)10-5-11(19(23,24)25)7-12(6-10)31-9-16-27-14-4-2-1-3-13(14)17(30)28(16)8-15(26)29/h1-7H,8-9H2,(H2,26,29). The number of fused-ring (bicyclic) bond motifs is 1. The van der Waals surface area contributed by atoms with E-state index < -0.39 is 53.8 Å². The summed E-state index contributed by atoms with van der Waals surface area (Å²) in [5.74, 6) is -1.84. The van der Waals surface area contributed by atoms with Crippen LogP contribution in [0.4, 0.5) is 26.3 Å². The fourth-order valence-electron chi connectivity index (χ4n) is 2.80. The minimum absolute atomic E-state index is 0.0375. The summed E-state index contributed by atoms with van der Waals surface area (Å²) in [6.45, 7) is -1.29. The Hall–Kier alpha value is -3.57. The van der Waals surface area contributed by atoms with Crippen LogP contribution < -0.4 is 16.0 Å². The van der Waals surface area contributed by atoms with Crippen LogP contribution in [-0.4, -0.2) is 15.5 Å². The Morgan fingerprint density at radius 1 is 1.00 bits per heavy atom. The van der Waals surface area contributed by atoms with Crippen LogP contribution in [0.3, 0.4) is 0 Å². The molecular weight excluding hydrogens is 432 g/mol. The smallest absolute Gasteiger partial charge is 0.416 e. The van der Waals surface area contributed by atoms with Crippen LogP contribution >= 0.6 is 0 Å². The van der Waals surface area contributed by atoms with Crippen molar-refractivity contribution in [3.05, 3.63) is 69.8 Å². The fraction of sp³-hybridized carbons (Fsp3) is 0.211. The molecule has 0 aliphatic carbocycles. The number of alkyl halides is 6. The van der Waals surface area contributed by atoms with E-state index in [4.69, 9.17) is 10.5 Å². The van der Waals surface area contributed by atoms with Crippen molar-refractivity contribution in [1.29, 1.82) is 0 Å². The number of rotatable bonds is 5. The van der Waals surface area contributed by atoms with E-state index in [-0.39, 0.29) is 22.8 Å². The Morgan fingerprint density at radius 3 is 2.13 bits per heavy atom. The molecule has 0 aliphatic rings. The Balaban J connectivity index is 2.04. The van der Waals surface area contributed by atoms with E-state index in [1.165, 1.54) is 12.1 Å². The summed E-state index contributed by atoms with van der Waals surface area (Å²) in [4.78, 5) is 28.1. The number of ether oxygens (including phenoxy) is 1. The number of nitrogens with two attached hydrogens (primary N) is 1. The van der Waals surface area contributed by atoms with Crippen LogP contribution in [0.25, 0.3) is 10.9 Å². The molecule has 0 saturated heterocycles. The van der Waals surface area contributed by atoms with E-state index in [2.05, 4.69) is 4.98 Å². The van der Waals surface area contributed by atoms with Crippen LogP contribution in [0.2, 0.25) is 0 Å². The maximum absolute atomic E-state index is 13.0. The number of primary amides is 1. The topological polar surface area (TPSA) is 87.2 Å². The van der Waals surface area contributed by atoms with Gasteiger partial charge in [-0.1, -0.05) is 12.1 Å². The normalized spacial score (nSPS) is 12.2. The Kier molecular flexibility index (Phi) is 5.66. The summed E-state index contributed by atoms with van der Waals surface area (Å²) in [5, 5.41) is 0.144. The molecule has 31 heavy (non-hydrogen) atoms. The third-order valence-corrected chi connectivity index (χ3v) is 4.18. The van der Waals surface area contributed by atoms with E-state index >= 15 is 0 Å². The molecule has 1 heterocycles. The van der Waals surface area contributed by atoms with E-state index in [1.807, 2.05) is 0 Å². The molecule has 2 N–H and O–H groups in total. The predicted octanol–water partition coefficient (Wildman–Crippen LogP) is 3.50. The largest absolute Gasteiger partial charge is 0.486 e. The van der Waals surface area contributed by atoms with Crippen LogP contribution in [-0.2, 0) is 30.3 Å². The first-order chi connectivity index (χ1) is 14.4. The summed E-state index contributed by atoms with van der Waals surface area (Å²) < 4.78 is 84.0. The molecule has 0 spiro atoms. The predicted molar refractivity (Wildman–Crippen MR) is 96.0 cm³/mol. The van der Waals surface area contributed by atoms with E-state index in [9.17, 15) is 35.9 Å². The second-order valence-corrected chi connectivity index (χ2v) is 6.43. The molecule has 0 unspecified atom stereocenters. The molecule has 164 valence electrons. The third kappa shape index (κ3) is 4.95. The van der Waals surface area contributed by atoms with Crippen LogP contribution in [0.1, 0.15) is 17.0 Å². The second kappa shape index (κ2) is 7.93. The number of hydrogen-bond donors (Lipinski definition) is 1. The first-order valence-corrected chi connectivity index (χ1v) is 8.55. The van der Waals surface area contributed by atoms with Crippen molar-refractivity contribution in [2.45, 2.75) is 25.5 Å². The van der Waals surface area contributed by atoms with Gasteiger partial charge in [0.05, 0.1) is 22.0 Å². The molecule has 0 saturated carbocycles. The number of benzene rings is 2. The lowest BCUT2D eigenvalue weighted by Crippen LogP contribution is -2.32. The fourth-order valence-corrected chi connectivity index (χ4v) is 2.80. The van der Waals surface area contributed by atoms with Gasteiger partial charge in [0.15, 0.2) is 5.82 Å². The highest BCUT2D eigenvalue weighted by molar-refractivity contribution is 5.78. The molecule has 0 fully saturated rings. The number of hydrogen-bond acceptors (Lipinski definition) is 4. The van der Waals surface area contributed by atoms with E-state index in [0.717, 1.165) is 4.57 Å². The van der Waals surface area contributed by atoms with Gasteiger partial charge in [-0.3, -0.25) is 14.2 Å². The minimum Gasteiger partial charge on any atom is -0.486 e. The van der Waals surface area contributed by atoms with Crippen LogP contribution in [0.5, 0.6) is 5.75 Å². The molecule has 3 aromatic rings. The number of carbonyl (C=O) groups excluding carboxylic acids is 1. The van der Waals surface area contributed by atoms with Crippen molar-refractivity contribution in [2.24, 2.45) is 5.73 Å². The van der Waals surface area contributed by atoms with Gasteiger partial charge >= 0.3 is 12.4 Å². The van der Waals surface area contributed by atoms with Gasteiger partial charge in [-0.05, 0) is 30.3 Å². The van der Waals surface area contributed by atoms with Crippen LogP contribution in [0, 0.1) is 0 Å². The summed E-state index contributed by atoms with van der Waals surface area (Å²) in [6, 6.07) is 6.79. The Bertz CT molecular complexity index is 1170. The zero-order chi connectivity index (χ0) is 23.0. The van der Waals surface area contributed by atoms with Crippen LogP contribution in [0.15, 0.2) is 47.3 Å². The molecule has 2 aromatic carbocycles. The average molecular weight is 445 g/mol. The molecule has 0 bridgehead atoms. The zero-order valence-electron chi connectivity index (χ0n) is 15.4. The van der Waals surface area contributed by atoms with Gasteiger partial charge in [-0.2, -0.15) is 26.3 Å². The van der Waals surface area contributed by atoms with Gasteiger partial charge in [0.25, 0.3) is 5.56 Å².